The first-order valence-corrected chi connectivity index (χ1v) is 3.93. The molecule has 0 aliphatic heterocycles. The number of carboxylic acid groups (broad SMARTS) is 1. The first-order chi connectivity index (χ1) is 6.18. The van der Waals surface area contributed by atoms with Crippen molar-refractivity contribution in [1.82, 2.24) is 15.0 Å². The van der Waals surface area contributed by atoms with Crippen LogP contribution in [0.3, 0.4) is 0 Å². The number of nitrogens with zero attached hydrogens (tertiary/aromatic N) is 3. The Labute approximate surface area is 75.7 Å². The van der Waals surface area contributed by atoms with Gasteiger partial charge in [0, 0.05) is 19.3 Å². The molecule has 70 valence electrons. The maximum atomic E-state index is 10.1. The van der Waals surface area contributed by atoms with Crippen LogP contribution in [0.2, 0.25) is 0 Å². The smallest absolute Gasteiger partial charge is 0.327 e. The zero-order valence-corrected chi connectivity index (χ0v) is 7.34. The molecule has 0 aliphatic carbocycles. The maximum Gasteiger partial charge on any atom is 0.327 e. The van der Waals surface area contributed by atoms with E-state index in [1.165, 1.54) is 0 Å². The minimum Gasteiger partial charge on any atom is -0.478 e. The van der Waals surface area contributed by atoms with E-state index in [4.69, 9.17) is 5.11 Å². The third-order valence-electron chi connectivity index (χ3n) is 1.48. The zero-order chi connectivity index (χ0) is 9.68. The number of aryl methyl sites for hydroxylation is 2. The molecule has 1 rings (SSSR count). The summed E-state index contributed by atoms with van der Waals surface area (Å²) in [6.45, 7) is 0. The lowest BCUT2D eigenvalue weighted by Crippen LogP contribution is -1.87. The molecule has 5 heteroatoms. The summed E-state index contributed by atoms with van der Waals surface area (Å²) < 4.78 is 1.62. The van der Waals surface area contributed by atoms with Crippen LogP contribution in [0.4, 0.5) is 0 Å². The van der Waals surface area contributed by atoms with Crippen LogP contribution in [-0.2, 0) is 18.3 Å². The monoisotopic (exact) mass is 181 g/mol. The molecule has 13 heavy (non-hydrogen) atoms. The standard InChI is InChI=1S/C8H11N3O2/c1-11-6-7(9-10-11)4-2-3-5-8(12)13/h3,5-6H,2,4H2,1H3,(H,12,13). The van der Waals surface area contributed by atoms with Gasteiger partial charge in [0.25, 0.3) is 0 Å². The van der Waals surface area contributed by atoms with E-state index in [2.05, 4.69) is 10.3 Å². The SMILES string of the molecule is Cn1cc(CCC=CC(=O)O)nn1. The summed E-state index contributed by atoms with van der Waals surface area (Å²) in [7, 11) is 1.80. The summed E-state index contributed by atoms with van der Waals surface area (Å²) in [4.78, 5) is 10.1. The van der Waals surface area contributed by atoms with Crippen molar-refractivity contribution < 1.29 is 9.90 Å². The van der Waals surface area contributed by atoms with E-state index in [9.17, 15) is 4.79 Å². The van der Waals surface area contributed by atoms with Crippen LogP contribution in [0.5, 0.6) is 0 Å². The molecule has 0 unspecified atom stereocenters. The van der Waals surface area contributed by atoms with Gasteiger partial charge in [0.05, 0.1) is 5.69 Å². The third-order valence-corrected chi connectivity index (χ3v) is 1.48. The maximum absolute atomic E-state index is 10.1. The molecule has 0 bridgehead atoms. The van der Waals surface area contributed by atoms with Crippen LogP contribution in [0.1, 0.15) is 12.1 Å². The topological polar surface area (TPSA) is 68.0 Å². The van der Waals surface area contributed by atoms with Crippen LogP contribution in [0.25, 0.3) is 0 Å². The van der Waals surface area contributed by atoms with E-state index < -0.39 is 5.97 Å². The Bertz CT molecular complexity index is 317. The Kier molecular flexibility index (Phi) is 3.19. The zero-order valence-electron chi connectivity index (χ0n) is 7.34. The number of allylic oxidation sites excluding steroid dienone is 1. The fraction of sp³-hybridized carbons (Fsp3) is 0.375. The predicted octanol–water partition coefficient (Wildman–Crippen LogP) is 0.388. The number of carboxylic acids is 1. The van der Waals surface area contributed by atoms with Crippen molar-refractivity contribution in [3.63, 3.8) is 0 Å². The van der Waals surface area contributed by atoms with Crippen molar-refractivity contribution in [2.45, 2.75) is 12.8 Å². The summed E-state index contributed by atoms with van der Waals surface area (Å²) in [6, 6.07) is 0. The van der Waals surface area contributed by atoms with Gasteiger partial charge in [0.15, 0.2) is 0 Å². The lowest BCUT2D eigenvalue weighted by molar-refractivity contribution is -0.131. The molecule has 0 aromatic carbocycles. The highest BCUT2D eigenvalue weighted by molar-refractivity contribution is 5.79. The fourth-order valence-corrected chi connectivity index (χ4v) is 0.925. The van der Waals surface area contributed by atoms with Crippen molar-refractivity contribution in [3.05, 3.63) is 24.0 Å². The summed E-state index contributed by atoms with van der Waals surface area (Å²) in [5.74, 6) is -0.917. The van der Waals surface area contributed by atoms with Crippen LogP contribution in [0.15, 0.2) is 18.3 Å². The first-order valence-electron chi connectivity index (χ1n) is 3.93. The molecule has 0 radical (unpaired) electrons. The van der Waals surface area contributed by atoms with Gasteiger partial charge in [-0.25, -0.2) is 4.79 Å². The van der Waals surface area contributed by atoms with Crippen molar-refractivity contribution in [2.24, 2.45) is 7.05 Å². The Balaban J connectivity index is 2.31. The normalized spacial score (nSPS) is 10.8. The average Bonchev–Trinajstić information content (AvgIpc) is 2.45. The molecule has 1 aromatic heterocycles. The molecular formula is C8H11N3O2. The number of hydrogen-bond acceptors (Lipinski definition) is 3. The van der Waals surface area contributed by atoms with Gasteiger partial charge in [-0.1, -0.05) is 11.3 Å². The predicted molar refractivity (Wildman–Crippen MR) is 46.1 cm³/mol. The highest BCUT2D eigenvalue weighted by Crippen LogP contribution is 1.97. The van der Waals surface area contributed by atoms with Gasteiger partial charge >= 0.3 is 5.97 Å². The molecule has 1 N–H and O–H groups in total. The second-order valence-corrected chi connectivity index (χ2v) is 2.66. The summed E-state index contributed by atoms with van der Waals surface area (Å²) in [5, 5.41) is 15.9. The van der Waals surface area contributed by atoms with E-state index in [-0.39, 0.29) is 0 Å². The lowest BCUT2D eigenvalue weighted by atomic mass is 10.2. The van der Waals surface area contributed by atoms with E-state index >= 15 is 0 Å². The van der Waals surface area contributed by atoms with Gasteiger partial charge in [-0.3, -0.25) is 4.68 Å². The van der Waals surface area contributed by atoms with Crippen molar-refractivity contribution in [3.8, 4) is 0 Å². The van der Waals surface area contributed by atoms with Gasteiger partial charge < -0.3 is 5.11 Å². The van der Waals surface area contributed by atoms with Crippen molar-refractivity contribution >= 4 is 5.97 Å². The molecular weight excluding hydrogens is 170 g/mol. The number of hydrogen-bond donors (Lipinski definition) is 1. The van der Waals surface area contributed by atoms with Crippen molar-refractivity contribution in [1.29, 1.82) is 0 Å². The van der Waals surface area contributed by atoms with Crippen LogP contribution < -0.4 is 0 Å². The molecule has 0 spiro atoms. The Morgan fingerprint density at radius 1 is 1.77 bits per heavy atom. The van der Waals surface area contributed by atoms with E-state index in [0.717, 1.165) is 18.2 Å². The van der Waals surface area contributed by atoms with E-state index in [0.29, 0.717) is 6.42 Å². The first kappa shape index (κ1) is 9.44. The second-order valence-electron chi connectivity index (χ2n) is 2.66. The van der Waals surface area contributed by atoms with Gasteiger partial charge in [-0.2, -0.15) is 0 Å². The Morgan fingerprint density at radius 2 is 2.54 bits per heavy atom. The van der Waals surface area contributed by atoms with Gasteiger partial charge in [-0.05, 0) is 12.8 Å². The summed E-state index contributed by atoms with van der Waals surface area (Å²) in [6.07, 6.45) is 5.95. The van der Waals surface area contributed by atoms with Crippen LogP contribution in [0, 0.1) is 0 Å². The Hall–Kier alpha value is -1.65. The molecule has 5 nitrogen and oxygen atoms in total. The molecule has 0 saturated carbocycles. The third kappa shape index (κ3) is 3.50. The summed E-state index contributed by atoms with van der Waals surface area (Å²) >= 11 is 0. The largest absolute Gasteiger partial charge is 0.478 e. The number of aliphatic carboxylic acids is 1. The Morgan fingerprint density at radius 3 is 3.08 bits per heavy atom. The second kappa shape index (κ2) is 4.39. The molecule has 1 aromatic rings. The quantitative estimate of drug-likeness (QED) is 0.682. The fourth-order valence-electron chi connectivity index (χ4n) is 0.925. The van der Waals surface area contributed by atoms with E-state index in [1.54, 1.807) is 17.8 Å². The number of aromatic nitrogens is 3. The number of carbonyl (C=O) groups is 1. The molecule has 0 saturated heterocycles. The van der Waals surface area contributed by atoms with Gasteiger partial charge in [0.1, 0.15) is 0 Å². The van der Waals surface area contributed by atoms with Gasteiger partial charge in [-0.15, -0.1) is 5.10 Å². The number of rotatable bonds is 4. The molecule has 0 amide bonds. The molecule has 0 aliphatic rings. The lowest BCUT2D eigenvalue weighted by Gasteiger charge is -1.87. The van der Waals surface area contributed by atoms with E-state index in [1.807, 2.05) is 6.20 Å². The van der Waals surface area contributed by atoms with Crippen molar-refractivity contribution in [2.75, 3.05) is 0 Å². The molecule has 0 atom stereocenters. The van der Waals surface area contributed by atoms with Gasteiger partial charge in [0.2, 0.25) is 0 Å². The minimum atomic E-state index is -0.917. The van der Waals surface area contributed by atoms with Crippen LogP contribution >= 0.6 is 0 Å². The summed E-state index contributed by atoms with van der Waals surface area (Å²) in [5.41, 5.74) is 0.873. The highest BCUT2D eigenvalue weighted by Gasteiger charge is 1.95. The molecule has 1 heterocycles. The molecule has 0 fully saturated rings. The van der Waals surface area contributed by atoms with Crippen LogP contribution in [-0.4, -0.2) is 26.1 Å². The minimum absolute atomic E-state index is 0.672. The average molecular weight is 181 g/mol. The highest BCUT2D eigenvalue weighted by atomic mass is 16.4.